The molecule has 4 nitrogen and oxygen atoms in total. The van der Waals surface area contributed by atoms with E-state index in [1.165, 1.54) is 12.7 Å². The summed E-state index contributed by atoms with van der Waals surface area (Å²) >= 11 is 5.85. The van der Waals surface area contributed by atoms with Gasteiger partial charge in [0, 0.05) is 31.1 Å². The number of piperidine rings is 1. The molecule has 1 aliphatic rings. The van der Waals surface area contributed by atoms with Gasteiger partial charge in [0.1, 0.15) is 11.7 Å². The predicted octanol–water partition coefficient (Wildman–Crippen LogP) is 1.95. The first-order valence-corrected chi connectivity index (χ1v) is 7.05. The SMILES string of the molecule is COC(=O)C1CN(CCc2ccc(Cl)cc2)CCC1=O. The van der Waals surface area contributed by atoms with Crippen LogP contribution in [0.15, 0.2) is 24.3 Å². The van der Waals surface area contributed by atoms with Gasteiger partial charge in [-0.05, 0) is 24.1 Å². The minimum atomic E-state index is -0.626. The lowest BCUT2D eigenvalue weighted by atomic mass is 9.96. The van der Waals surface area contributed by atoms with E-state index in [9.17, 15) is 9.59 Å². The first-order chi connectivity index (χ1) is 9.60. The van der Waals surface area contributed by atoms with Crippen molar-refractivity contribution in [3.63, 3.8) is 0 Å². The highest BCUT2D eigenvalue weighted by Crippen LogP contribution is 2.16. The third-order valence-corrected chi connectivity index (χ3v) is 3.87. The van der Waals surface area contributed by atoms with Gasteiger partial charge in [0.05, 0.1) is 7.11 Å². The van der Waals surface area contributed by atoms with Gasteiger partial charge in [-0.1, -0.05) is 23.7 Å². The molecule has 108 valence electrons. The van der Waals surface area contributed by atoms with E-state index in [0.717, 1.165) is 18.0 Å². The van der Waals surface area contributed by atoms with Gasteiger partial charge in [-0.25, -0.2) is 0 Å². The molecule has 1 aliphatic heterocycles. The highest BCUT2D eigenvalue weighted by molar-refractivity contribution is 6.30. The summed E-state index contributed by atoms with van der Waals surface area (Å²) in [6.07, 6.45) is 1.29. The van der Waals surface area contributed by atoms with Gasteiger partial charge in [0.15, 0.2) is 0 Å². The van der Waals surface area contributed by atoms with Crippen molar-refractivity contribution in [3.05, 3.63) is 34.9 Å². The number of rotatable bonds is 4. The summed E-state index contributed by atoms with van der Waals surface area (Å²) in [7, 11) is 1.32. The van der Waals surface area contributed by atoms with Gasteiger partial charge in [0.25, 0.3) is 0 Å². The molecule has 5 heteroatoms. The van der Waals surface area contributed by atoms with Gasteiger partial charge >= 0.3 is 5.97 Å². The molecule has 1 aromatic rings. The second-order valence-electron chi connectivity index (χ2n) is 4.97. The first kappa shape index (κ1) is 15.0. The molecule has 1 atom stereocenters. The Morgan fingerprint density at radius 1 is 1.40 bits per heavy atom. The van der Waals surface area contributed by atoms with Crippen molar-refractivity contribution < 1.29 is 14.3 Å². The number of carbonyl (C=O) groups is 2. The van der Waals surface area contributed by atoms with Gasteiger partial charge in [-0.3, -0.25) is 9.59 Å². The lowest BCUT2D eigenvalue weighted by Gasteiger charge is -2.30. The van der Waals surface area contributed by atoms with E-state index < -0.39 is 11.9 Å². The Kier molecular flexibility index (Phi) is 5.15. The van der Waals surface area contributed by atoms with Crippen molar-refractivity contribution in [1.82, 2.24) is 4.90 Å². The molecule has 1 saturated heterocycles. The van der Waals surface area contributed by atoms with E-state index in [0.29, 0.717) is 19.5 Å². The molecule has 1 aromatic carbocycles. The number of esters is 1. The van der Waals surface area contributed by atoms with Crippen LogP contribution in [0.1, 0.15) is 12.0 Å². The van der Waals surface area contributed by atoms with Crippen molar-refractivity contribution in [1.29, 1.82) is 0 Å². The van der Waals surface area contributed by atoms with E-state index in [4.69, 9.17) is 11.6 Å². The van der Waals surface area contributed by atoms with Crippen molar-refractivity contribution >= 4 is 23.4 Å². The van der Waals surface area contributed by atoms with Crippen LogP contribution in [0.3, 0.4) is 0 Å². The predicted molar refractivity (Wildman–Crippen MR) is 76.7 cm³/mol. The minimum Gasteiger partial charge on any atom is -0.468 e. The molecular formula is C15H18ClNO3. The number of likely N-dealkylation sites (tertiary alicyclic amines) is 1. The Labute approximate surface area is 123 Å². The first-order valence-electron chi connectivity index (χ1n) is 6.67. The van der Waals surface area contributed by atoms with Gasteiger partial charge < -0.3 is 9.64 Å². The Morgan fingerprint density at radius 3 is 2.75 bits per heavy atom. The largest absolute Gasteiger partial charge is 0.468 e. The molecule has 20 heavy (non-hydrogen) atoms. The van der Waals surface area contributed by atoms with Crippen LogP contribution in [0.2, 0.25) is 5.02 Å². The number of ketones is 1. The van der Waals surface area contributed by atoms with Crippen LogP contribution in [0, 0.1) is 5.92 Å². The zero-order valence-corrected chi connectivity index (χ0v) is 12.2. The molecule has 0 aromatic heterocycles. The van der Waals surface area contributed by atoms with Gasteiger partial charge in [0.2, 0.25) is 0 Å². The normalized spacial score (nSPS) is 19.9. The molecule has 0 saturated carbocycles. The van der Waals surface area contributed by atoms with E-state index in [-0.39, 0.29) is 5.78 Å². The number of ether oxygens (including phenoxy) is 1. The fraction of sp³-hybridized carbons (Fsp3) is 0.467. The third kappa shape index (κ3) is 3.81. The fourth-order valence-electron chi connectivity index (χ4n) is 2.38. The quantitative estimate of drug-likeness (QED) is 0.629. The average molecular weight is 296 g/mol. The molecule has 1 heterocycles. The Bertz CT molecular complexity index is 478. The number of methoxy groups -OCH3 is 1. The van der Waals surface area contributed by atoms with E-state index >= 15 is 0 Å². The molecule has 1 fully saturated rings. The van der Waals surface area contributed by atoms with Crippen LogP contribution in [-0.4, -0.2) is 43.4 Å². The maximum absolute atomic E-state index is 11.7. The second kappa shape index (κ2) is 6.86. The maximum Gasteiger partial charge on any atom is 0.317 e. The number of halogens is 1. The highest BCUT2D eigenvalue weighted by atomic mass is 35.5. The summed E-state index contributed by atoms with van der Waals surface area (Å²) in [6, 6.07) is 7.73. The van der Waals surface area contributed by atoms with E-state index in [1.54, 1.807) is 0 Å². The number of carbonyl (C=O) groups excluding carboxylic acids is 2. The average Bonchev–Trinajstić information content (AvgIpc) is 2.47. The summed E-state index contributed by atoms with van der Waals surface area (Å²) in [4.78, 5) is 25.4. The summed E-state index contributed by atoms with van der Waals surface area (Å²) in [5.74, 6) is -1.07. The second-order valence-corrected chi connectivity index (χ2v) is 5.41. The summed E-state index contributed by atoms with van der Waals surface area (Å²) < 4.78 is 4.68. The minimum absolute atomic E-state index is 0.0143. The lowest BCUT2D eigenvalue weighted by Crippen LogP contribution is -2.45. The zero-order chi connectivity index (χ0) is 14.5. The molecule has 0 N–H and O–H groups in total. The number of hydrogen-bond acceptors (Lipinski definition) is 4. The van der Waals surface area contributed by atoms with E-state index in [2.05, 4.69) is 9.64 Å². The number of nitrogens with zero attached hydrogens (tertiary/aromatic N) is 1. The van der Waals surface area contributed by atoms with Crippen LogP contribution in [0.25, 0.3) is 0 Å². The fourth-order valence-corrected chi connectivity index (χ4v) is 2.51. The zero-order valence-electron chi connectivity index (χ0n) is 11.5. The molecule has 1 unspecified atom stereocenters. The van der Waals surface area contributed by atoms with Crippen molar-refractivity contribution in [2.45, 2.75) is 12.8 Å². The summed E-state index contributed by atoms with van der Waals surface area (Å²) in [5.41, 5.74) is 1.20. The number of benzene rings is 1. The van der Waals surface area contributed by atoms with Crippen molar-refractivity contribution in [2.24, 2.45) is 5.92 Å². The van der Waals surface area contributed by atoms with Crippen LogP contribution >= 0.6 is 11.6 Å². The highest BCUT2D eigenvalue weighted by Gasteiger charge is 2.33. The van der Waals surface area contributed by atoms with Gasteiger partial charge in [-0.15, -0.1) is 0 Å². The van der Waals surface area contributed by atoms with Crippen LogP contribution in [-0.2, 0) is 20.7 Å². The molecular weight excluding hydrogens is 278 g/mol. The Hall–Kier alpha value is -1.39. The van der Waals surface area contributed by atoms with Crippen LogP contribution < -0.4 is 0 Å². The molecule has 0 bridgehead atoms. The summed E-state index contributed by atoms with van der Waals surface area (Å²) in [5, 5.41) is 0.725. The summed E-state index contributed by atoms with van der Waals surface area (Å²) in [6.45, 7) is 1.99. The van der Waals surface area contributed by atoms with Crippen LogP contribution in [0.5, 0.6) is 0 Å². The molecule has 0 spiro atoms. The smallest absolute Gasteiger partial charge is 0.317 e. The van der Waals surface area contributed by atoms with Gasteiger partial charge in [-0.2, -0.15) is 0 Å². The molecule has 0 aliphatic carbocycles. The molecule has 0 radical (unpaired) electrons. The Balaban J connectivity index is 1.88. The molecule has 0 amide bonds. The number of hydrogen-bond donors (Lipinski definition) is 0. The molecule has 2 rings (SSSR count). The topological polar surface area (TPSA) is 46.6 Å². The lowest BCUT2D eigenvalue weighted by molar-refractivity contribution is -0.151. The van der Waals surface area contributed by atoms with E-state index in [1.807, 2.05) is 24.3 Å². The number of Topliss-reactive ketones (excluding diaryl/α,β-unsaturated/α-hetero) is 1. The standard InChI is InChI=1S/C15H18ClNO3/c1-20-15(19)13-10-17(9-7-14(13)18)8-6-11-2-4-12(16)5-3-11/h2-5,13H,6-10H2,1H3. The van der Waals surface area contributed by atoms with Crippen molar-refractivity contribution in [2.75, 3.05) is 26.7 Å². The third-order valence-electron chi connectivity index (χ3n) is 3.62. The monoisotopic (exact) mass is 295 g/mol. The van der Waals surface area contributed by atoms with Crippen molar-refractivity contribution in [3.8, 4) is 0 Å². The van der Waals surface area contributed by atoms with Crippen LogP contribution in [0.4, 0.5) is 0 Å². The Morgan fingerprint density at radius 2 is 2.10 bits per heavy atom. The maximum atomic E-state index is 11.7.